The second-order valence-corrected chi connectivity index (χ2v) is 0.102. The standard InChI is InChI=1S/CHNO.H3P/c2-1-3;/h2H;1H3. The Morgan fingerprint density at radius 1 is 1.75 bits per heavy atom. The zero-order valence-electron chi connectivity index (χ0n) is 2.12. The summed E-state index contributed by atoms with van der Waals surface area (Å²) in [6.45, 7) is 0. The largest absolute Gasteiger partial charge is 0.231 e. The van der Waals surface area contributed by atoms with Gasteiger partial charge >= 0.3 is 0 Å². The molecule has 4 heavy (non-hydrogen) atoms. The fourth-order valence-corrected chi connectivity index (χ4v) is 0. The smallest absolute Gasteiger partial charge is 0.222 e. The first-order valence-electron chi connectivity index (χ1n) is 0.454. The van der Waals surface area contributed by atoms with Crippen molar-refractivity contribution in [1.29, 1.82) is 5.41 Å². The highest BCUT2D eigenvalue weighted by atomic mass is 31.0. The third-order valence-electron chi connectivity index (χ3n) is 0. The Bertz CT molecular complexity index is 29.0. The quantitative estimate of drug-likeness (QED) is 0.246. The molecule has 24 valence electrons. The third-order valence-corrected chi connectivity index (χ3v) is 0. The number of isocyanates is 1. The molecular formula is CH4NOP. The lowest BCUT2D eigenvalue weighted by atomic mass is 11.7. The first-order chi connectivity index (χ1) is 1.41. The molecule has 3 heteroatoms. The molecule has 0 heterocycles. The van der Waals surface area contributed by atoms with Crippen molar-refractivity contribution >= 4 is 16.0 Å². The molecule has 0 bridgehead atoms. The Labute approximate surface area is 27.3 Å². The number of carbonyl (C=O) groups excluding carboxylic acids is 1. The average molecular weight is 77.0 g/mol. The maximum absolute atomic E-state index is 8.35. The van der Waals surface area contributed by atoms with E-state index in [-0.39, 0.29) is 9.90 Å². The monoisotopic (exact) mass is 77.0 g/mol. The number of nitrogens with one attached hydrogen (secondary N) is 1. The predicted octanol–water partition coefficient (Wildman–Crippen LogP) is -0.0409. The van der Waals surface area contributed by atoms with Gasteiger partial charge < -0.3 is 0 Å². The lowest BCUT2D eigenvalue weighted by Crippen LogP contribution is -1.16. The van der Waals surface area contributed by atoms with Gasteiger partial charge in [0.15, 0.2) is 0 Å². The molecule has 0 fully saturated rings. The summed E-state index contributed by atoms with van der Waals surface area (Å²) in [7, 11) is 0. The van der Waals surface area contributed by atoms with E-state index in [0.717, 1.165) is 6.08 Å². The number of hydrogen-bond acceptors (Lipinski definition) is 2. The van der Waals surface area contributed by atoms with Gasteiger partial charge in [0.25, 0.3) is 0 Å². The Morgan fingerprint density at radius 2 is 1.75 bits per heavy atom. The van der Waals surface area contributed by atoms with Crippen LogP contribution in [0.4, 0.5) is 0 Å². The summed E-state index contributed by atoms with van der Waals surface area (Å²) in [4.78, 5) is 8.35. The fourth-order valence-electron chi connectivity index (χ4n) is 0. The maximum atomic E-state index is 8.35. The average Bonchev–Trinajstić information content (AvgIpc) is 0.918. The van der Waals surface area contributed by atoms with Crippen molar-refractivity contribution < 1.29 is 4.79 Å². The molecule has 0 aliphatic carbocycles. The molecule has 0 aliphatic rings. The molecule has 0 aliphatic heterocycles. The Balaban J connectivity index is 0. The van der Waals surface area contributed by atoms with Gasteiger partial charge in [-0.2, -0.15) is 9.90 Å². The molecule has 1 unspecified atom stereocenters. The maximum Gasteiger partial charge on any atom is 0.231 e. The van der Waals surface area contributed by atoms with Gasteiger partial charge in [0.2, 0.25) is 6.08 Å². The lowest BCUT2D eigenvalue weighted by molar-refractivity contribution is 0.563. The van der Waals surface area contributed by atoms with Crippen molar-refractivity contribution in [3.05, 3.63) is 0 Å². The Morgan fingerprint density at radius 3 is 1.75 bits per heavy atom. The van der Waals surface area contributed by atoms with Gasteiger partial charge in [-0.1, -0.05) is 0 Å². The van der Waals surface area contributed by atoms with E-state index < -0.39 is 0 Å². The van der Waals surface area contributed by atoms with E-state index in [1.54, 1.807) is 0 Å². The van der Waals surface area contributed by atoms with Crippen LogP contribution in [0.1, 0.15) is 0 Å². The Hall–Kier alpha value is -0.190. The van der Waals surface area contributed by atoms with E-state index in [0.29, 0.717) is 0 Å². The summed E-state index contributed by atoms with van der Waals surface area (Å²) in [6, 6.07) is 0. The van der Waals surface area contributed by atoms with Crippen molar-refractivity contribution in [1.82, 2.24) is 0 Å². The Kier molecular flexibility index (Phi) is 32.2. The second kappa shape index (κ2) is 14.0. The van der Waals surface area contributed by atoms with Crippen LogP contribution >= 0.6 is 9.90 Å². The van der Waals surface area contributed by atoms with Crippen LogP contribution in [-0.2, 0) is 4.79 Å². The minimum atomic E-state index is 0. The van der Waals surface area contributed by atoms with E-state index in [1.807, 2.05) is 0 Å². The molecule has 0 amide bonds. The minimum Gasteiger partial charge on any atom is -0.222 e. The SMILES string of the molecule is N=C=O.P. The summed E-state index contributed by atoms with van der Waals surface area (Å²) in [5.74, 6) is 0. The summed E-state index contributed by atoms with van der Waals surface area (Å²) >= 11 is 0. The molecule has 0 aromatic carbocycles. The van der Waals surface area contributed by atoms with E-state index in [4.69, 9.17) is 10.2 Å². The minimum absolute atomic E-state index is 0. The molecule has 0 rings (SSSR count). The molecule has 0 aromatic rings. The molecule has 0 saturated heterocycles. The van der Waals surface area contributed by atoms with Gasteiger partial charge in [0.1, 0.15) is 0 Å². The van der Waals surface area contributed by atoms with Crippen LogP contribution in [0.15, 0.2) is 0 Å². The highest BCUT2D eigenvalue weighted by molar-refractivity contribution is 6.92. The van der Waals surface area contributed by atoms with Crippen LogP contribution in [-0.4, -0.2) is 6.08 Å². The van der Waals surface area contributed by atoms with Gasteiger partial charge in [-0.25, -0.2) is 10.2 Å². The van der Waals surface area contributed by atoms with E-state index in [1.165, 1.54) is 0 Å². The summed E-state index contributed by atoms with van der Waals surface area (Å²) < 4.78 is 0. The van der Waals surface area contributed by atoms with Crippen LogP contribution in [0.5, 0.6) is 0 Å². The van der Waals surface area contributed by atoms with Crippen LogP contribution < -0.4 is 0 Å². The van der Waals surface area contributed by atoms with Gasteiger partial charge in [-0.15, -0.1) is 0 Å². The van der Waals surface area contributed by atoms with E-state index in [9.17, 15) is 0 Å². The van der Waals surface area contributed by atoms with Crippen molar-refractivity contribution in [2.24, 2.45) is 0 Å². The van der Waals surface area contributed by atoms with Crippen LogP contribution in [0, 0.1) is 5.41 Å². The first kappa shape index (κ1) is 9.18. The highest BCUT2D eigenvalue weighted by Gasteiger charge is 1.03. The normalized spacial score (nSPS) is 2.00. The lowest BCUT2D eigenvalue weighted by Gasteiger charge is -1.02. The van der Waals surface area contributed by atoms with Crippen molar-refractivity contribution in [3.63, 3.8) is 0 Å². The van der Waals surface area contributed by atoms with Crippen molar-refractivity contribution in [3.8, 4) is 0 Å². The molecule has 0 spiro atoms. The van der Waals surface area contributed by atoms with Crippen LogP contribution in [0.25, 0.3) is 0 Å². The number of rotatable bonds is 0. The predicted molar refractivity (Wildman–Crippen MR) is 19.5 cm³/mol. The molecule has 2 nitrogen and oxygen atoms in total. The summed E-state index contributed by atoms with van der Waals surface area (Å²) in [6.07, 6.45) is 0.750. The van der Waals surface area contributed by atoms with Gasteiger partial charge in [-0.3, -0.25) is 0 Å². The molecule has 0 saturated carbocycles. The first-order valence-corrected chi connectivity index (χ1v) is 0.454. The number of hydrogen-bond donors (Lipinski definition) is 1. The molecule has 1 atom stereocenters. The van der Waals surface area contributed by atoms with Crippen molar-refractivity contribution in [2.45, 2.75) is 0 Å². The van der Waals surface area contributed by atoms with Gasteiger partial charge in [0, 0.05) is 0 Å². The molecular weight excluding hydrogens is 73.0 g/mol. The molecule has 0 aromatic heterocycles. The fraction of sp³-hybridized carbons (Fsp3) is 0. The van der Waals surface area contributed by atoms with E-state index in [2.05, 4.69) is 0 Å². The van der Waals surface area contributed by atoms with Crippen molar-refractivity contribution in [2.75, 3.05) is 0 Å². The molecule has 1 N–H and O–H groups in total. The zero-order valence-corrected chi connectivity index (χ0v) is 3.53. The van der Waals surface area contributed by atoms with Gasteiger partial charge in [0.05, 0.1) is 0 Å². The van der Waals surface area contributed by atoms with Crippen LogP contribution in [0.2, 0.25) is 0 Å². The van der Waals surface area contributed by atoms with Crippen LogP contribution in [0.3, 0.4) is 0 Å². The molecule has 0 radical (unpaired) electrons. The topological polar surface area (TPSA) is 40.9 Å². The zero-order chi connectivity index (χ0) is 2.71. The summed E-state index contributed by atoms with van der Waals surface area (Å²) in [5, 5.41) is 5.40. The second-order valence-electron chi connectivity index (χ2n) is 0.102. The van der Waals surface area contributed by atoms with E-state index >= 15 is 0 Å². The highest BCUT2D eigenvalue weighted by Crippen LogP contribution is 0.868. The summed E-state index contributed by atoms with van der Waals surface area (Å²) in [5.41, 5.74) is 0. The third kappa shape index (κ3) is 32.9. The van der Waals surface area contributed by atoms with Gasteiger partial charge in [-0.05, 0) is 0 Å².